The second-order valence-corrected chi connectivity index (χ2v) is 12.4. The summed E-state index contributed by atoms with van der Waals surface area (Å²) in [7, 11) is 0. The minimum atomic E-state index is -0.408. The van der Waals surface area contributed by atoms with Gasteiger partial charge in [0.1, 0.15) is 11.5 Å². The molecule has 3 rings (SSSR count). The van der Waals surface area contributed by atoms with Crippen LogP contribution in [0.25, 0.3) is 10.8 Å². The van der Waals surface area contributed by atoms with E-state index in [0.717, 1.165) is 41.3 Å². The summed E-state index contributed by atoms with van der Waals surface area (Å²) in [4.78, 5) is 25.4. The molecule has 0 spiro atoms. The topological polar surface area (TPSA) is 61.8 Å². The lowest BCUT2D eigenvalue weighted by molar-refractivity contribution is -0.145. The highest BCUT2D eigenvalue weighted by molar-refractivity contribution is 5.92. The van der Waals surface area contributed by atoms with Crippen LogP contribution in [0.5, 0.6) is 11.5 Å². The van der Waals surface area contributed by atoms with E-state index in [2.05, 4.69) is 13.8 Å². The lowest BCUT2D eigenvalue weighted by Gasteiger charge is -2.13. The molecule has 0 aliphatic carbocycles. The number of ether oxygens (including phenoxy) is 3. The Kier molecular flexibility index (Phi) is 17.2. The van der Waals surface area contributed by atoms with E-state index in [-0.39, 0.29) is 11.9 Å². The van der Waals surface area contributed by atoms with E-state index in [4.69, 9.17) is 14.2 Å². The van der Waals surface area contributed by atoms with Crippen LogP contribution < -0.4 is 9.47 Å². The summed E-state index contributed by atoms with van der Waals surface area (Å²) in [5.41, 5.74) is 1.39. The Bertz CT molecular complexity index is 1270. The zero-order valence-electron chi connectivity index (χ0n) is 28.1. The third-order valence-corrected chi connectivity index (χ3v) is 8.50. The molecule has 0 saturated carbocycles. The van der Waals surface area contributed by atoms with Crippen molar-refractivity contribution >= 4 is 22.7 Å². The van der Waals surface area contributed by atoms with Crippen molar-refractivity contribution in [3.63, 3.8) is 0 Å². The Morgan fingerprint density at radius 3 is 1.71 bits per heavy atom. The van der Waals surface area contributed by atoms with Crippen LogP contribution in [0.15, 0.2) is 60.7 Å². The van der Waals surface area contributed by atoms with Gasteiger partial charge >= 0.3 is 11.9 Å². The molecule has 0 amide bonds. The lowest BCUT2D eigenvalue weighted by Crippen LogP contribution is -2.14. The molecular weight excluding hydrogens is 560 g/mol. The number of fused-ring (bicyclic) bond motifs is 1. The zero-order valence-corrected chi connectivity index (χ0v) is 28.1. The molecule has 0 fully saturated rings. The van der Waals surface area contributed by atoms with Gasteiger partial charge < -0.3 is 14.2 Å². The molecule has 0 aliphatic heterocycles. The molecule has 246 valence electrons. The largest absolute Gasteiger partial charge is 0.494 e. The van der Waals surface area contributed by atoms with Crippen LogP contribution in [0.1, 0.15) is 145 Å². The van der Waals surface area contributed by atoms with Crippen LogP contribution in [0.3, 0.4) is 0 Å². The third-order valence-electron chi connectivity index (χ3n) is 8.50. The molecule has 0 radical (unpaired) electrons. The summed E-state index contributed by atoms with van der Waals surface area (Å²) in [6.07, 6.45) is 19.9. The molecule has 0 aliphatic rings. The first kappa shape index (κ1) is 36.1. The van der Waals surface area contributed by atoms with Gasteiger partial charge in [-0.1, -0.05) is 128 Å². The van der Waals surface area contributed by atoms with Crippen molar-refractivity contribution in [1.82, 2.24) is 0 Å². The quantitative estimate of drug-likeness (QED) is 0.0602. The Hall–Kier alpha value is -3.34. The molecule has 3 aromatic rings. The van der Waals surface area contributed by atoms with Gasteiger partial charge in [0.05, 0.1) is 24.7 Å². The number of benzene rings is 3. The average Bonchev–Trinajstić information content (AvgIpc) is 3.06. The van der Waals surface area contributed by atoms with E-state index in [1.54, 1.807) is 18.2 Å². The maximum atomic E-state index is 12.8. The Balaban J connectivity index is 1.38. The maximum absolute atomic E-state index is 12.8. The van der Waals surface area contributed by atoms with Gasteiger partial charge in [0.15, 0.2) is 0 Å². The minimum Gasteiger partial charge on any atom is -0.494 e. The van der Waals surface area contributed by atoms with E-state index in [1.807, 2.05) is 49.4 Å². The normalized spacial score (nSPS) is 11.8. The van der Waals surface area contributed by atoms with Gasteiger partial charge in [0.25, 0.3) is 0 Å². The Morgan fingerprint density at radius 2 is 1.09 bits per heavy atom. The predicted molar refractivity (Wildman–Crippen MR) is 185 cm³/mol. The van der Waals surface area contributed by atoms with Gasteiger partial charge in [-0.2, -0.15) is 0 Å². The number of esters is 2. The first-order chi connectivity index (χ1) is 22.0. The SMILES string of the molecule is CCCCCCCCCCCCOc1ccc(C(=O)Oc2ccc3cc([C@H](C)C(=O)OCCCCCCCC)ccc3c2)cc1. The molecule has 0 N–H and O–H groups in total. The average molecular weight is 617 g/mol. The monoisotopic (exact) mass is 616 g/mol. The van der Waals surface area contributed by atoms with Crippen LogP contribution in [-0.4, -0.2) is 25.2 Å². The number of rotatable bonds is 23. The molecule has 1 atom stereocenters. The fraction of sp³-hybridized carbons (Fsp3) is 0.550. The summed E-state index contributed by atoms with van der Waals surface area (Å²) in [6.45, 7) is 7.52. The van der Waals surface area contributed by atoms with Gasteiger partial charge in [0, 0.05) is 0 Å². The number of carbonyl (C=O) groups is 2. The van der Waals surface area contributed by atoms with Crippen LogP contribution in [0.4, 0.5) is 0 Å². The van der Waals surface area contributed by atoms with Crippen molar-refractivity contribution in [3.8, 4) is 11.5 Å². The highest BCUT2D eigenvalue weighted by Gasteiger charge is 2.17. The molecule has 0 bridgehead atoms. The van der Waals surface area contributed by atoms with Gasteiger partial charge in [-0.25, -0.2) is 4.79 Å². The number of hydrogen-bond donors (Lipinski definition) is 0. The van der Waals surface area contributed by atoms with E-state index in [1.165, 1.54) is 83.5 Å². The number of unbranched alkanes of at least 4 members (excludes halogenated alkanes) is 14. The minimum absolute atomic E-state index is 0.191. The third kappa shape index (κ3) is 13.7. The predicted octanol–water partition coefficient (Wildman–Crippen LogP) is 11.4. The Morgan fingerprint density at radius 1 is 0.578 bits per heavy atom. The molecule has 5 nitrogen and oxygen atoms in total. The summed E-state index contributed by atoms with van der Waals surface area (Å²) in [5.74, 6) is 0.309. The first-order valence-corrected chi connectivity index (χ1v) is 17.7. The summed E-state index contributed by atoms with van der Waals surface area (Å²) < 4.78 is 17.1. The molecular formula is C40H56O5. The van der Waals surface area contributed by atoms with E-state index in [0.29, 0.717) is 24.5 Å². The number of carbonyl (C=O) groups excluding carboxylic acids is 2. The van der Waals surface area contributed by atoms with Gasteiger partial charge in [-0.15, -0.1) is 0 Å². The second kappa shape index (κ2) is 21.4. The maximum Gasteiger partial charge on any atom is 0.343 e. The highest BCUT2D eigenvalue weighted by Crippen LogP contribution is 2.27. The van der Waals surface area contributed by atoms with Gasteiger partial charge in [0.2, 0.25) is 0 Å². The van der Waals surface area contributed by atoms with E-state index >= 15 is 0 Å². The first-order valence-electron chi connectivity index (χ1n) is 17.7. The van der Waals surface area contributed by atoms with Crippen molar-refractivity contribution in [2.75, 3.05) is 13.2 Å². The fourth-order valence-electron chi connectivity index (χ4n) is 5.52. The van der Waals surface area contributed by atoms with Crippen LogP contribution >= 0.6 is 0 Å². The zero-order chi connectivity index (χ0) is 32.1. The van der Waals surface area contributed by atoms with Crippen LogP contribution in [-0.2, 0) is 9.53 Å². The van der Waals surface area contributed by atoms with E-state index in [9.17, 15) is 9.59 Å². The smallest absolute Gasteiger partial charge is 0.343 e. The van der Waals surface area contributed by atoms with Crippen molar-refractivity contribution < 1.29 is 23.8 Å². The molecule has 0 heterocycles. The van der Waals surface area contributed by atoms with E-state index < -0.39 is 5.97 Å². The van der Waals surface area contributed by atoms with Crippen molar-refractivity contribution in [2.24, 2.45) is 0 Å². The highest BCUT2D eigenvalue weighted by atomic mass is 16.5. The molecule has 0 aromatic heterocycles. The summed E-state index contributed by atoms with van der Waals surface area (Å²) in [6, 6.07) is 18.6. The summed E-state index contributed by atoms with van der Waals surface area (Å²) in [5, 5.41) is 1.92. The fourth-order valence-corrected chi connectivity index (χ4v) is 5.52. The van der Waals surface area contributed by atoms with Gasteiger partial charge in [-0.05, 0) is 72.5 Å². The van der Waals surface area contributed by atoms with Crippen molar-refractivity contribution in [3.05, 3.63) is 71.8 Å². The van der Waals surface area contributed by atoms with Crippen LogP contribution in [0.2, 0.25) is 0 Å². The standard InChI is InChI=1S/C40H56O5/c1-4-6-8-10-12-13-14-15-17-18-28-43-37-25-22-33(23-26-37)40(42)45-38-27-24-35-30-34(20-21-36(35)31-38)32(3)39(41)44-29-19-16-11-9-7-5-2/h20-27,30-32H,4-19,28-29H2,1-3H3/t32-/m0/s1. The molecule has 45 heavy (non-hydrogen) atoms. The van der Waals surface area contributed by atoms with Crippen LogP contribution in [0, 0.1) is 0 Å². The van der Waals surface area contributed by atoms with Crippen molar-refractivity contribution in [1.29, 1.82) is 0 Å². The molecule has 0 saturated heterocycles. The Labute approximate surface area is 272 Å². The number of hydrogen-bond acceptors (Lipinski definition) is 5. The molecule has 5 heteroatoms. The lowest BCUT2D eigenvalue weighted by atomic mass is 9.98. The van der Waals surface area contributed by atoms with Gasteiger partial charge in [-0.3, -0.25) is 4.79 Å². The molecule has 0 unspecified atom stereocenters. The second-order valence-electron chi connectivity index (χ2n) is 12.4. The summed E-state index contributed by atoms with van der Waals surface area (Å²) >= 11 is 0. The van der Waals surface area contributed by atoms with Crippen molar-refractivity contribution in [2.45, 2.75) is 129 Å². The molecule has 3 aromatic carbocycles.